The molecule has 0 atom stereocenters. The van der Waals surface area contributed by atoms with Crippen molar-refractivity contribution in [1.29, 1.82) is 0 Å². The molecule has 0 bridgehead atoms. The van der Waals surface area contributed by atoms with E-state index in [9.17, 15) is 22.4 Å². The summed E-state index contributed by atoms with van der Waals surface area (Å²) in [6.45, 7) is 4.67. The zero-order valence-electron chi connectivity index (χ0n) is 17.6. The van der Waals surface area contributed by atoms with Gasteiger partial charge in [0.05, 0.1) is 10.5 Å². The van der Waals surface area contributed by atoms with Crippen molar-refractivity contribution in [3.63, 3.8) is 0 Å². The van der Waals surface area contributed by atoms with Crippen LogP contribution in [0.5, 0.6) is 0 Å². The number of aryl methyl sites for hydroxylation is 2. The normalized spacial score (nSPS) is 11.4. The lowest BCUT2D eigenvalue weighted by atomic mass is 10.1. The summed E-state index contributed by atoms with van der Waals surface area (Å²) in [5.74, 6) is -1.59. The molecule has 3 aromatic rings. The SMILES string of the molecule is Cc1ccc(S(C)(=O)=O)cc1C(=O)OCC(=O)c1cc(C)n(-c2cccc(F)c2)c1C. The van der Waals surface area contributed by atoms with E-state index in [0.29, 0.717) is 22.5 Å². The van der Waals surface area contributed by atoms with Gasteiger partial charge in [-0.15, -0.1) is 0 Å². The van der Waals surface area contributed by atoms with Crippen LogP contribution in [-0.4, -0.2) is 37.6 Å². The van der Waals surface area contributed by atoms with Crippen LogP contribution in [0.15, 0.2) is 53.4 Å². The fourth-order valence-electron chi connectivity index (χ4n) is 3.40. The summed E-state index contributed by atoms with van der Waals surface area (Å²) in [4.78, 5) is 25.2. The molecule has 0 spiro atoms. The fourth-order valence-corrected chi connectivity index (χ4v) is 4.04. The third-order valence-electron chi connectivity index (χ3n) is 4.99. The number of benzene rings is 2. The van der Waals surface area contributed by atoms with Gasteiger partial charge in [-0.25, -0.2) is 17.6 Å². The molecule has 0 N–H and O–H groups in total. The first-order valence-corrected chi connectivity index (χ1v) is 11.3. The van der Waals surface area contributed by atoms with Gasteiger partial charge in [-0.1, -0.05) is 12.1 Å². The molecule has 162 valence electrons. The van der Waals surface area contributed by atoms with Crippen LogP contribution in [0.25, 0.3) is 5.69 Å². The third kappa shape index (κ3) is 4.74. The van der Waals surface area contributed by atoms with Crippen molar-refractivity contribution in [1.82, 2.24) is 4.57 Å². The Morgan fingerprint density at radius 2 is 1.71 bits per heavy atom. The minimum absolute atomic E-state index is 0.00462. The topological polar surface area (TPSA) is 82.4 Å². The number of halogens is 1. The molecule has 0 radical (unpaired) electrons. The van der Waals surface area contributed by atoms with Crippen molar-refractivity contribution in [3.05, 3.63) is 82.4 Å². The highest BCUT2D eigenvalue weighted by Gasteiger charge is 2.20. The molecular weight excluding hydrogens is 421 g/mol. The van der Waals surface area contributed by atoms with Gasteiger partial charge in [-0.3, -0.25) is 4.79 Å². The first kappa shape index (κ1) is 22.4. The van der Waals surface area contributed by atoms with Crippen molar-refractivity contribution >= 4 is 21.6 Å². The molecule has 8 heteroatoms. The van der Waals surface area contributed by atoms with Crippen LogP contribution in [0.1, 0.15) is 37.7 Å². The van der Waals surface area contributed by atoms with Gasteiger partial charge in [0.2, 0.25) is 5.78 Å². The zero-order valence-corrected chi connectivity index (χ0v) is 18.4. The fraction of sp³-hybridized carbons (Fsp3) is 0.217. The highest BCUT2D eigenvalue weighted by molar-refractivity contribution is 7.90. The number of carbonyl (C=O) groups excluding carboxylic acids is 2. The van der Waals surface area contributed by atoms with Gasteiger partial charge in [0, 0.05) is 28.9 Å². The number of carbonyl (C=O) groups is 2. The average molecular weight is 443 g/mol. The number of nitrogens with zero attached hydrogens (tertiary/aromatic N) is 1. The van der Waals surface area contributed by atoms with Gasteiger partial charge in [0.15, 0.2) is 16.4 Å². The molecule has 6 nitrogen and oxygen atoms in total. The van der Waals surface area contributed by atoms with E-state index in [4.69, 9.17) is 4.74 Å². The number of sulfone groups is 1. The van der Waals surface area contributed by atoms with Gasteiger partial charge >= 0.3 is 5.97 Å². The first-order valence-electron chi connectivity index (χ1n) is 9.45. The summed E-state index contributed by atoms with van der Waals surface area (Å²) < 4.78 is 44.0. The molecule has 2 aromatic carbocycles. The van der Waals surface area contributed by atoms with E-state index in [0.717, 1.165) is 11.9 Å². The monoisotopic (exact) mass is 443 g/mol. The van der Waals surface area contributed by atoms with Crippen LogP contribution in [0.2, 0.25) is 0 Å². The van der Waals surface area contributed by atoms with Crippen LogP contribution in [-0.2, 0) is 14.6 Å². The Morgan fingerprint density at radius 3 is 2.35 bits per heavy atom. The van der Waals surface area contributed by atoms with Crippen molar-refractivity contribution in [3.8, 4) is 5.69 Å². The smallest absolute Gasteiger partial charge is 0.338 e. The maximum atomic E-state index is 13.6. The van der Waals surface area contributed by atoms with E-state index in [-0.39, 0.29) is 10.5 Å². The average Bonchev–Trinajstić information content (AvgIpc) is 2.99. The molecular formula is C23H22FNO5S. The summed E-state index contributed by atoms with van der Waals surface area (Å²) in [7, 11) is -3.49. The minimum Gasteiger partial charge on any atom is -0.454 e. The van der Waals surface area contributed by atoms with Gasteiger partial charge < -0.3 is 9.30 Å². The second kappa shape index (κ2) is 8.47. The number of hydrogen-bond donors (Lipinski definition) is 0. The molecule has 0 fully saturated rings. The molecule has 0 aliphatic heterocycles. The Morgan fingerprint density at radius 1 is 1.00 bits per heavy atom. The van der Waals surface area contributed by atoms with Crippen LogP contribution < -0.4 is 0 Å². The summed E-state index contributed by atoms with van der Waals surface area (Å²) in [5, 5.41) is 0. The van der Waals surface area contributed by atoms with Crippen LogP contribution >= 0.6 is 0 Å². The summed E-state index contributed by atoms with van der Waals surface area (Å²) in [6, 6.07) is 11.8. The van der Waals surface area contributed by atoms with Crippen molar-refractivity contribution in [2.24, 2.45) is 0 Å². The zero-order chi connectivity index (χ0) is 22.9. The van der Waals surface area contributed by atoms with E-state index in [1.807, 2.05) is 0 Å². The number of ketones is 1. The van der Waals surface area contributed by atoms with Crippen LogP contribution in [0.4, 0.5) is 4.39 Å². The highest BCUT2D eigenvalue weighted by Crippen LogP contribution is 2.22. The number of aromatic nitrogens is 1. The van der Waals surface area contributed by atoms with Gasteiger partial charge in [0.1, 0.15) is 5.82 Å². The standard InChI is InChI=1S/C23H22FNO5S/c1-14-8-9-19(31(4,28)29)12-20(14)23(27)30-13-22(26)21-10-15(2)25(16(21)3)18-7-5-6-17(24)11-18/h5-12H,13H2,1-4H3. The number of ether oxygens (including phenoxy) is 1. The van der Waals surface area contributed by atoms with Crippen molar-refractivity contribution in [2.45, 2.75) is 25.7 Å². The quantitative estimate of drug-likeness (QED) is 0.425. The molecule has 0 unspecified atom stereocenters. The van der Waals surface area contributed by atoms with E-state index >= 15 is 0 Å². The van der Waals surface area contributed by atoms with Crippen LogP contribution in [0, 0.1) is 26.6 Å². The Kier molecular flexibility index (Phi) is 6.13. The lowest BCUT2D eigenvalue weighted by Crippen LogP contribution is -2.16. The van der Waals surface area contributed by atoms with Gasteiger partial charge in [-0.05, 0) is 62.7 Å². The molecule has 0 amide bonds. The molecule has 1 aromatic heterocycles. The van der Waals surface area contributed by atoms with E-state index in [2.05, 4.69) is 0 Å². The third-order valence-corrected chi connectivity index (χ3v) is 6.10. The lowest BCUT2D eigenvalue weighted by Gasteiger charge is -2.10. The predicted molar refractivity (Wildman–Crippen MR) is 114 cm³/mol. The largest absolute Gasteiger partial charge is 0.454 e. The van der Waals surface area contributed by atoms with Crippen molar-refractivity contribution < 1.29 is 27.1 Å². The second-order valence-corrected chi connectivity index (χ2v) is 9.36. The first-order chi connectivity index (χ1) is 14.5. The Hall–Kier alpha value is -3.26. The molecule has 0 aliphatic carbocycles. The number of Topliss-reactive ketones (excluding diaryl/α,β-unsaturated/α-hetero) is 1. The highest BCUT2D eigenvalue weighted by atomic mass is 32.2. The molecule has 0 aliphatic rings. The maximum absolute atomic E-state index is 13.6. The van der Waals surface area contributed by atoms with Crippen molar-refractivity contribution in [2.75, 3.05) is 12.9 Å². The molecule has 0 saturated heterocycles. The second-order valence-electron chi connectivity index (χ2n) is 7.35. The van der Waals surface area contributed by atoms with Gasteiger partial charge in [-0.2, -0.15) is 0 Å². The molecule has 31 heavy (non-hydrogen) atoms. The number of esters is 1. The summed E-state index contributed by atoms with van der Waals surface area (Å²) in [5.41, 5.74) is 2.89. The molecule has 1 heterocycles. The summed E-state index contributed by atoms with van der Waals surface area (Å²) >= 11 is 0. The predicted octanol–water partition coefficient (Wildman–Crippen LogP) is 3.98. The van der Waals surface area contributed by atoms with E-state index in [1.165, 1.54) is 30.3 Å². The number of rotatable bonds is 6. The molecule has 3 rings (SSSR count). The Balaban J connectivity index is 1.81. The van der Waals surface area contributed by atoms with Gasteiger partial charge in [0.25, 0.3) is 0 Å². The Bertz CT molecular complexity index is 1290. The number of hydrogen-bond acceptors (Lipinski definition) is 5. The lowest BCUT2D eigenvalue weighted by molar-refractivity contribution is 0.0473. The maximum Gasteiger partial charge on any atom is 0.338 e. The summed E-state index contributed by atoms with van der Waals surface area (Å²) in [6.07, 6.45) is 1.05. The molecule has 0 saturated carbocycles. The Labute approximate surface area is 180 Å². The van der Waals surface area contributed by atoms with Crippen LogP contribution in [0.3, 0.4) is 0 Å². The van der Waals surface area contributed by atoms with E-state index < -0.39 is 34.0 Å². The van der Waals surface area contributed by atoms with E-state index in [1.54, 1.807) is 43.5 Å². The minimum atomic E-state index is -3.49.